The first-order valence-electron chi connectivity index (χ1n) is 6.41. The van der Waals surface area contributed by atoms with Crippen LogP contribution in [0.3, 0.4) is 0 Å². The van der Waals surface area contributed by atoms with Crippen molar-refractivity contribution in [3.63, 3.8) is 0 Å². The standard InChI is InChI=1S/C16H15ClFNOS/c1-10(11-3-6-13(21-2)7-4-11)19-16(20)14-8-5-12(18)9-15(14)17/h3-10H,1-2H3,(H,19,20)/t10-/m1/s1. The zero-order valence-electron chi connectivity index (χ0n) is 11.7. The Balaban J connectivity index is 2.10. The highest BCUT2D eigenvalue weighted by Crippen LogP contribution is 2.21. The summed E-state index contributed by atoms with van der Waals surface area (Å²) in [6.45, 7) is 1.89. The van der Waals surface area contributed by atoms with Crippen LogP contribution in [0.5, 0.6) is 0 Å². The van der Waals surface area contributed by atoms with Gasteiger partial charge in [-0.2, -0.15) is 0 Å². The first kappa shape index (κ1) is 15.9. The highest BCUT2D eigenvalue weighted by Gasteiger charge is 2.14. The maximum absolute atomic E-state index is 13.0. The Labute approximate surface area is 132 Å². The Morgan fingerprint density at radius 1 is 1.24 bits per heavy atom. The van der Waals surface area contributed by atoms with E-state index in [1.54, 1.807) is 11.8 Å². The fourth-order valence-corrected chi connectivity index (χ4v) is 2.59. The van der Waals surface area contributed by atoms with Crippen LogP contribution >= 0.6 is 23.4 Å². The summed E-state index contributed by atoms with van der Waals surface area (Å²) in [5.74, 6) is -0.779. The Morgan fingerprint density at radius 2 is 1.90 bits per heavy atom. The molecule has 5 heteroatoms. The van der Waals surface area contributed by atoms with E-state index in [0.29, 0.717) is 0 Å². The number of halogens is 2. The quantitative estimate of drug-likeness (QED) is 0.827. The smallest absolute Gasteiger partial charge is 0.253 e. The predicted octanol–water partition coefficient (Wildman–Crippen LogP) is 4.69. The number of hydrogen-bond acceptors (Lipinski definition) is 2. The summed E-state index contributed by atoms with van der Waals surface area (Å²) in [6, 6.07) is 11.5. The van der Waals surface area contributed by atoms with E-state index in [4.69, 9.17) is 11.6 Å². The Morgan fingerprint density at radius 3 is 2.48 bits per heavy atom. The largest absolute Gasteiger partial charge is 0.345 e. The maximum atomic E-state index is 13.0. The number of nitrogens with one attached hydrogen (secondary N) is 1. The fourth-order valence-electron chi connectivity index (χ4n) is 1.92. The molecule has 0 heterocycles. The molecule has 0 radical (unpaired) electrons. The third-order valence-corrected chi connectivity index (χ3v) is 4.20. The number of hydrogen-bond donors (Lipinski definition) is 1. The molecule has 0 fully saturated rings. The number of amides is 1. The van der Waals surface area contributed by atoms with E-state index in [2.05, 4.69) is 5.32 Å². The van der Waals surface area contributed by atoms with Gasteiger partial charge in [0.1, 0.15) is 5.82 Å². The molecule has 2 nitrogen and oxygen atoms in total. The molecule has 0 saturated heterocycles. The highest BCUT2D eigenvalue weighted by atomic mass is 35.5. The van der Waals surface area contributed by atoms with Crippen molar-refractivity contribution in [3.05, 3.63) is 64.4 Å². The lowest BCUT2D eigenvalue weighted by Gasteiger charge is -2.15. The molecule has 0 spiro atoms. The van der Waals surface area contributed by atoms with E-state index in [9.17, 15) is 9.18 Å². The van der Waals surface area contributed by atoms with E-state index >= 15 is 0 Å². The minimum atomic E-state index is -0.461. The molecule has 0 aliphatic rings. The average molecular weight is 324 g/mol. The van der Waals surface area contributed by atoms with Crippen LogP contribution in [0.2, 0.25) is 5.02 Å². The number of benzene rings is 2. The second-order valence-electron chi connectivity index (χ2n) is 4.59. The molecule has 21 heavy (non-hydrogen) atoms. The Kier molecular flexibility index (Phi) is 5.26. The van der Waals surface area contributed by atoms with Gasteiger partial charge in [0.05, 0.1) is 16.6 Å². The Hall–Kier alpha value is -1.52. The summed E-state index contributed by atoms with van der Waals surface area (Å²) in [4.78, 5) is 13.3. The van der Waals surface area contributed by atoms with Crippen LogP contribution in [0.25, 0.3) is 0 Å². The SMILES string of the molecule is CSc1ccc([C@@H](C)NC(=O)c2ccc(F)cc2Cl)cc1. The molecule has 2 aromatic carbocycles. The lowest BCUT2D eigenvalue weighted by Crippen LogP contribution is -2.26. The third kappa shape index (κ3) is 3.99. The van der Waals surface area contributed by atoms with Crippen LogP contribution in [-0.2, 0) is 0 Å². The molecule has 0 aromatic heterocycles. The van der Waals surface area contributed by atoms with Gasteiger partial charge in [0.2, 0.25) is 0 Å². The fraction of sp³-hybridized carbons (Fsp3) is 0.188. The van der Waals surface area contributed by atoms with Crippen LogP contribution in [0.15, 0.2) is 47.4 Å². The van der Waals surface area contributed by atoms with Gasteiger partial charge in [0.15, 0.2) is 0 Å². The van der Waals surface area contributed by atoms with Crippen molar-refractivity contribution in [2.24, 2.45) is 0 Å². The van der Waals surface area contributed by atoms with Gasteiger partial charge >= 0.3 is 0 Å². The van der Waals surface area contributed by atoms with E-state index in [-0.39, 0.29) is 22.5 Å². The molecule has 0 unspecified atom stereocenters. The van der Waals surface area contributed by atoms with Crippen molar-refractivity contribution in [1.82, 2.24) is 5.32 Å². The molecule has 1 atom stereocenters. The molecular formula is C16H15ClFNOS. The zero-order valence-corrected chi connectivity index (χ0v) is 13.3. The molecule has 110 valence electrons. The van der Waals surface area contributed by atoms with E-state index in [1.807, 2.05) is 37.4 Å². The van der Waals surface area contributed by atoms with Gasteiger partial charge in [-0.3, -0.25) is 4.79 Å². The number of carbonyl (C=O) groups excluding carboxylic acids is 1. The lowest BCUT2D eigenvalue weighted by molar-refractivity contribution is 0.0940. The number of carbonyl (C=O) groups is 1. The lowest BCUT2D eigenvalue weighted by atomic mass is 10.1. The van der Waals surface area contributed by atoms with Crippen molar-refractivity contribution in [1.29, 1.82) is 0 Å². The normalized spacial score (nSPS) is 12.0. The maximum Gasteiger partial charge on any atom is 0.253 e. The van der Waals surface area contributed by atoms with E-state index < -0.39 is 5.82 Å². The summed E-state index contributed by atoms with van der Waals surface area (Å²) >= 11 is 7.55. The van der Waals surface area contributed by atoms with Gasteiger partial charge in [0.25, 0.3) is 5.91 Å². The minimum Gasteiger partial charge on any atom is -0.345 e. The van der Waals surface area contributed by atoms with Crippen LogP contribution in [0.4, 0.5) is 4.39 Å². The third-order valence-electron chi connectivity index (χ3n) is 3.14. The van der Waals surface area contributed by atoms with Crippen LogP contribution in [0.1, 0.15) is 28.9 Å². The van der Waals surface area contributed by atoms with E-state index in [0.717, 1.165) is 11.6 Å². The average Bonchev–Trinajstić information content (AvgIpc) is 2.47. The van der Waals surface area contributed by atoms with E-state index in [1.165, 1.54) is 17.0 Å². The number of rotatable bonds is 4. The first-order valence-corrected chi connectivity index (χ1v) is 8.01. The molecule has 0 bridgehead atoms. The van der Waals surface area contributed by atoms with Crippen LogP contribution in [0, 0.1) is 5.82 Å². The Bertz CT molecular complexity index is 645. The topological polar surface area (TPSA) is 29.1 Å². The predicted molar refractivity (Wildman–Crippen MR) is 85.5 cm³/mol. The van der Waals surface area contributed by atoms with Gasteiger partial charge in [-0.05, 0) is 49.1 Å². The molecule has 0 aliphatic heterocycles. The summed E-state index contributed by atoms with van der Waals surface area (Å²) in [5.41, 5.74) is 1.27. The molecular weight excluding hydrogens is 309 g/mol. The second kappa shape index (κ2) is 6.96. The van der Waals surface area contributed by atoms with Crippen LogP contribution in [-0.4, -0.2) is 12.2 Å². The van der Waals surface area contributed by atoms with Crippen LogP contribution < -0.4 is 5.32 Å². The first-order chi connectivity index (χ1) is 10.0. The zero-order chi connectivity index (χ0) is 15.4. The molecule has 0 aliphatic carbocycles. The van der Waals surface area contributed by atoms with Gasteiger partial charge < -0.3 is 5.32 Å². The van der Waals surface area contributed by atoms with Crippen molar-refractivity contribution in [2.45, 2.75) is 17.9 Å². The molecule has 2 aromatic rings. The van der Waals surface area contributed by atoms with Crippen molar-refractivity contribution in [3.8, 4) is 0 Å². The second-order valence-corrected chi connectivity index (χ2v) is 5.88. The number of thioether (sulfide) groups is 1. The summed E-state index contributed by atoms with van der Waals surface area (Å²) in [7, 11) is 0. The highest BCUT2D eigenvalue weighted by molar-refractivity contribution is 7.98. The summed E-state index contributed by atoms with van der Waals surface area (Å²) in [5, 5.41) is 2.97. The molecule has 1 amide bonds. The molecule has 0 saturated carbocycles. The van der Waals surface area contributed by atoms with Gasteiger partial charge in [0, 0.05) is 4.90 Å². The summed E-state index contributed by atoms with van der Waals surface area (Å²) < 4.78 is 13.0. The monoisotopic (exact) mass is 323 g/mol. The van der Waals surface area contributed by atoms with Gasteiger partial charge in [-0.25, -0.2) is 4.39 Å². The van der Waals surface area contributed by atoms with Crippen molar-refractivity contribution in [2.75, 3.05) is 6.26 Å². The summed E-state index contributed by atoms with van der Waals surface area (Å²) in [6.07, 6.45) is 2.01. The van der Waals surface area contributed by atoms with Crippen molar-refractivity contribution >= 4 is 29.3 Å². The minimum absolute atomic E-state index is 0.109. The molecule has 2 rings (SSSR count). The van der Waals surface area contributed by atoms with Gasteiger partial charge in [-0.15, -0.1) is 11.8 Å². The van der Waals surface area contributed by atoms with Gasteiger partial charge in [-0.1, -0.05) is 23.7 Å². The molecule has 1 N–H and O–H groups in total. The van der Waals surface area contributed by atoms with Crippen molar-refractivity contribution < 1.29 is 9.18 Å².